The molecule has 2 aromatic rings. The van der Waals surface area contributed by atoms with Gasteiger partial charge in [0.2, 0.25) is 0 Å². The molecule has 90 valence electrons. The molecule has 0 saturated heterocycles. The van der Waals surface area contributed by atoms with Crippen molar-refractivity contribution in [2.75, 3.05) is 0 Å². The van der Waals surface area contributed by atoms with Crippen molar-refractivity contribution < 1.29 is 5.11 Å². The first-order chi connectivity index (χ1) is 7.88. The van der Waals surface area contributed by atoms with Crippen molar-refractivity contribution in [2.45, 2.75) is 26.2 Å². The normalized spacial score (nSPS) is 11.8. The highest BCUT2D eigenvalue weighted by Gasteiger charge is 2.17. The molecule has 0 spiro atoms. The smallest absolute Gasteiger partial charge is 0.134 e. The topological polar surface area (TPSA) is 38.0 Å². The fourth-order valence-electron chi connectivity index (χ4n) is 1.51. The summed E-state index contributed by atoms with van der Waals surface area (Å²) < 4.78 is 1.76. The molecule has 1 heterocycles. The fourth-order valence-corrected chi connectivity index (χ4v) is 1.68. The molecule has 2 rings (SSSR count). The van der Waals surface area contributed by atoms with Gasteiger partial charge in [-0.1, -0.05) is 32.4 Å². The zero-order valence-electron chi connectivity index (χ0n) is 10.1. The van der Waals surface area contributed by atoms with Gasteiger partial charge in [-0.05, 0) is 24.3 Å². The Morgan fingerprint density at radius 3 is 2.47 bits per heavy atom. The number of benzene rings is 1. The quantitative estimate of drug-likeness (QED) is 0.841. The van der Waals surface area contributed by atoms with E-state index < -0.39 is 0 Å². The molecule has 0 saturated carbocycles. The summed E-state index contributed by atoms with van der Waals surface area (Å²) in [6, 6.07) is 7.02. The van der Waals surface area contributed by atoms with Crippen LogP contribution in [0.5, 0.6) is 5.75 Å². The van der Waals surface area contributed by atoms with E-state index in [1.54, 1.807) is 22.9 Å². The summed E-state index contributed by atoms with van der Waals surface area (Å²) in [6.07, 6.45) is 1.89. The first kappa shape index (κ1) is 12.0. The average molecular weight is 251 g/mol. The van der Waals surface area contributed by atoms with Gasteiger partial charge in [-0.2, -0.15) is 5.10 Å². The first-order valence-corrected chi connectivity index (χ1v) is 5.81. The van der Waals surface area contributed by atoms with Crippen LogP contribution < -0.4 is 0 Å². The zero-order chi connectivity index (χ0) is 12.6. The van der Waals surface area contributed by atoms with Gasteiger partial charge in [-0.15, -0.1) is 0 Å². The third-order valence-electron chi connectivity index (χ3n) is 2.55. The standard InChI is InChI=1S/C13H15ClN2O/c1-13(2,3)12-6-7-16(15-12)9-4-5-11(17)10(14)8-9/h4-8,17H,1-3H3. The molecule has 1 aromatic heterocycles. The highest BCUT2D eigenvalue weighted by atomic mass is 35.5. The Balaban J connectivity index is 2.40. The lowest BCUT2D eigenvalue weighted by Gasteiger charge is -2.14. The monoisotopic (exact) mass is 250 g/mol. The molecular weight excluding hydrogens is 236 g/mol. The number of nitrogens with zero attached hydrogens (tertiary/aromatic N) is 2. The molecule has 0 aliphatic rings. The third kappa shape index (κ3) is 2.44. The Bertz CT molecular complexity index is 541. The maximum Gasteiger partial charge on any atom is 0.134 e. The molecule has 0 radical (unpaired) electrons. The maximum absolute atomic E-state index is 9.36. The van der Waals surface area contributed by atoms with Crippen LogP contribution in [0.3, 0.4) is 0 Å². The van der Waals surface area contributed by atoms with E-state index in [4.69, 9.17) is 11.6 Å². The SMILES string of the molecule is CC(C)(C)c1ccn(-c2ccc(O)c(Cl)c2)n1. The molecule has 3 nitrogen and oxygen atoms in total. The van der Waals surface area contributed by atoms with Crippen molar-refractivity contribution in [1.29, 1.82) is 0 Å². The molecule has 1 aromatic carbocycles. The lowest BCUT2D eigenvalue weighted by atomic mass is 9.93. The molecular formula is C13H15ClN2O. The Labute approximate surface area is 106 Å². The van der Waals surface area contributed by atoms with Gasteiger partial charge in [0.15, 0.2) is 0 Å². The van der Waals surface area contributed by atoms with E-state index in [1.165, 1.54) is 0 Å². The number of phenolic OH excluding ortho intramolecular Hbond substituents is 1. The number of phenols is 1. The maximum atomic E-state index is 9.36. The third-order valence-corrected chi connectivity index (χ3v) is 2.86. The predicted molar refractivity (Wildman–Crippen MR) is 68.9 cm³/mol. The summed E-state index contributed by atoms with van der Waals surface area (Å²) in [4.78, 5) is 0. The van der Waals surface area contributed by atoms with E-state index in [1.807, 2.05) is 12.3 Å². The number of rotatable bonds is 1. The second-order valence-corrected chi connectivity index (χ2v) is 5.44. The Morgan fingerprint density at radius 2 is 1.94 bits per heavy atom. The highest BCUT2D eigenvalue weighted by Crippen LogP contribution is 2.26. The van der Waals surface area contributed by atoms with Crippen molar-refractivity contribution in [3.63, 3.8) is 0 Å². The Morgan fingerprint density at radius 1 is 1.24 bits per heavy atom. The molecule has 0 atom stereocenters. The number of hydrogen-bond acceptors (Lipinski definition) is 2. The van der Waals surface area contributed by atoms with Gasteiger partial charge in [0, 0.05) is 11.6 Å². The summed E-state index contributed by atoms with van der Waals surface area (Å²) in [6.45, 7) is 6.34. The highest BCUT2D eigenvalue weighted by molar-refractivity contribution is 6.32. The molecule has 0 aliphatic carbocycles. The van der Waals surface area contributed by atoms with Crippen LogP contribution in [0.2, 0.25) is 5.02 Å². The minimum Gasteiger partial charge on any atom is -0.506 e. The van der Waals surface area contributed by atoms with Crippen molar-refractivity contribution in [3.05, 3.63) is 41.2 Å². The second kappa shape index (κ2) is 4.08. The van der Waals surface area contributed by atoms with Crippen molar-refractivity contribution >= 4 is 11.6 Å². The van der Waals surface area contributed by atoms with Gasteiger partial charge in [0.05, 0.1) is 16.4 Å². The molecule has 17 heavy (non-hydrogen) atoms. The van der Waals surface area contributed by atoms with Gasteiger partial charge in [-0.3, -0.25) is 0 Å². The van der Waals surface area contributed by atoms with E-state index >= 15 is 0 Å². The van der Waals surface area contributed by atoms with E-state index in [-0.39, 0.29) is 11.2 Å². The van der Waals surface area contributed by atoms with Crippen LogP contribution in [0, 0.1) is 0 Å². The van der Waals surface area contributed by atoms with Crippen LogP contribution in [0.1, 0.15) is 26.5 Å². The number of aromatic nitrogens is 2. The summed E-state index contributed by atoms with van der Waals surface area (Å²) in [5.41, 5.74) is 1.87. The van der Waals surface area contributed by atoms with Crippen LogP contribution in [0.4, 0.5) is 0 Å². The van der Waals surface area contributed by atoms with Crippen molar-refractivity contribution in [2.24, 2.45) is 0 Å². The van der Waals surface area contributed by atoms with Crippen LogP contribution >= 0.6 is 11.6 Å². The lowest BCUT2D eigenvalue weighted by Crippen LogP contribution is -2.12. The second-order valence-electron chi connectivity index (χ2n) is 5.03. The van der Waals surface area contributed by atoms with E-state index in [0.29, 0.717) is 5.02 Å². The molecule has 0 bridgehead atoms. The van der Waals surface area contributed by atoms with Gasteiger partial charge in [0.1, 0.15) is 5.75 Å². The molecule has 0 fully saturated rings. The summed E-state index contributed by atoms with van der Waals surface area (Å²) >= 11 is 5.87. The summed E-state index contributed by atoms with van der Waals surface area (Å²) in [7, 11) is 0. The van der Waals surface area contributed by atoms with Crippen LogP contribution in [-0.4, -0.2) is 14.9 Å². The van der Waals surface area contributed by atoms with Gasteiger partial charge in [0.25, 0.3) is 0 Å². The van der Waals surface area contributed by atoms with Crippen molar-refractivity contribution in [1.82, 2.24) is 9.78 Å². The predicted octanol–water partition coefficient (Wildman–Crippen LogP) is 3.53. The first-order valence-electron chi connectivity index (χ1n) is 5.43. The van der Waals surface area contributed by atoms with Crippen LogP contribution in [0.25, 0.3) is 5.69 Å². The van der Waals surface area contributed by atoms with Crippen molar-refractivity contribution in [3.8, 4) is 11.4 Å². The zero-order valence-corrected chi connectivity index (χ0v) is 10.9. The summed E-state index contributed by atoms with van der Waals surface area (Å²) in [5, 5.41) is 14.2. The Hall–Kier alpha value is -1.48. The van der Waals surface area contributed by atoms with E-state index in [2.05, 4.69) is 25.9 Å². The van der Waals surface area contributed by atoms with Gasteiger partial charge in [-0.25, -0.2) is 4.68 Å². The minimum atomic E-state index is 0.0198. The molecule has 4 heteroatoms. The molecule has 0 unspecified atom stereocenters. The Kier molecular flexibility index (Phi) is 2.87. The van der Waals surface area contributed by atoms with E-state index in [0.717, 1.165) is 11.4 Å². The largest absolute Gasteiger partial charge is 0.506 e. The average Bonchev–Trinajstić information content (AvgIpc) is 2.70. The van der Waals surface area contributed by atoms with E-state index in [9.17, 15) is 5.11 Å². The fraction of sp³-hybridized carbons (Fsp3) is 0.308. The molecule has 1 N–H and O–H groups in total. The van der Waals surface area contributed by atoms with Crippen LogP contribution in [0.15, 0.2) is 30.5 Å². The van der Waals surface area contributed by atoms with Gasteiger partial charge < -0.3 is 5.11 Å². The number of aromatic hydroxyl groups is 1. The lowest BCUT2D eigenvalue weighted by molar-refractivity contribution is 0.475. The van der Waals surface area contributed by atoms with Gasteiger partial charge >= 0.3 is 0 Å². The minimum absolute atomic E-state index is 0.0198. The molecule has 0 amide bonds. The van der Waals surface area contributed by atoms with Crippen LogP contribution in [-0.2, 0) is 5.41 Å². The number of hydrogen-bond donors (Lipinski definition) is 1. The molecule has 0 aliphatic heterocycles. The summed E-state index contributed by atoms with van der Waals surface area (Å²) in [5.74, 6) is 0.0821. The number of halogens is 1.